The summed E-state index contributed by atoms with van der Waals surface area (Å²) in [5.41, 5.74) is 1.28. The maximum absolute atomic E-state index is 12.5. The lowest BCUT2D eigenvalue weighted by molar-refractivity contribution is -0.113. The molecule has 0 aliphatic carbocycles. The summed E-state index contributed by atoms with van der Waals surface area (Å²) < 4.78 is 12.5. The third-order valence-electron chi connectivity index (χ3n) is 4.45. The zero-order chi connectivity index (χ0) is 23.3. The Hall–Kier alpha value is -2.56. The van der Waals surface area contributed by atoms with Crippen LogP contribution in [0.15, 0.2) is 29.4 Å². The van der Waals surface area contributed by atoms with Gasteiger partial charge in [-0.25, -0.2) is 4.79 Å². The molecule has 0 bridgehead atoms. The van der Waals surface area contributed by atoms with Crippen LogP contribution in [0.1, 0.15) is 33.5 Å². The van der Waals surface area contributed by atoms with E-state index in [2.05, 4.69) is 15.5 Å². The maximum atomic E-state index is 12.5. The molecule has 11 heteroatoms. The summed E-state index contributed by atoms with van der Waals surface area (Å²) >= 11 is 8.58. The molecule has 0 radical (unpaired) electrons. The third kappa shape index (κ3) is 5.81. The molecule has 3 rings (SSSR count). The van der Waals surface area contributed by atoms with Crippen LogP contribution < -0.4 is 10.1 Å². The molecule has 0 fully saturated rings. The Morgan fingerprint density at radius 1 is 1.25 bits per heavy atom. The number of carbonyl (C=O) groups is 2. The number of methoxy groups -OCH3 is 1. The summed E-state index contributed by atoms with van der Waals surface area (Å²) in [6.45, 7) is 6.63. The van der Waals surface area contributed by atoms with Gasteiger partial charge in [-0.1, -0.05) is 23.4 Å². The fourth-order valence-corrected chi connectivity index (χ4v) is 4.89. The minimum Gasteiger partial charge on any atom is -0.485 e. The number of aryl methyl sites for hydroxylation is 2. The van der Waals surface area contributed by atoms with Gasteiger partial charge in [0.1, 0.15) is 17.4 Å². The van der Waals surface area contributed by atoms with E-state index in [0.29, 0.717) is 33.1 Å². The zero-order valence-corrected chi connectivity index (χ0v) is 20.5. The van der Waals surface area contributed by atoms with E-state index in [4.69, 9.17) is 21.1 Å². The number of hydrogen-bond donors (Lipinski definition) is 1. The Bertz CT molecular complexity index is 1130. The molecule has 170 valence electrons. The lowest BCUT2D eigenvalue weighted by Crippen LogP contribution is -2.16. The number of carbonyl (C=O) groups excluding carboxylic acids is 2. The van der Waals surface area contributed by atoms with Crippen molar-refractivity contribution < 1.29 is 19.1 Å². The maximum Gasteiger partial charge on any atom is 0.340 e. The van der Waals surface area contributed by atoms with Gasteiger partial charge in [0.2, 0.25) is 5.91 Å². The minimum absolute atomic E-state index is 0.118. The molecule has 1 amide bonds. The van der Waals surface area contributed by atoms with E-state index >= 15 is 0 Å². The highest BCUT2D eigenvalue weighted by Crippen LogP contribution is 2.29. The summed E-state index contributed by atoms with van der Waals surface area (Å²) in [5.74, 6) is 0.770. The summed E-state index contributed by atoms with van der Waals surface area (Å²) in [6, 6.07) is 7.12. The van der Waals surface area contributed by atoms with Crippen molar-refractivity contribution in [1.82, 2.24) is 14.8 Å². The van der Waals surface area contributed by atoms with Crippen molar-refractivity contribution in [3.8, 4) is 5.75 Å². The molecular formula is C21H23ClN4O4S2. The van der Waals surface area contributed by atoms with Crippen LogP contribution in [0.5, 0.6) is 5.75 Å². The van der Waals surface area contributed by atoms with Crippen molar-refractivity contribution in [2.24, 2.45) is 0 Å². The van der Waals surface area contributed by atoms with Crippen molar-refractivity contribution in [3.05, 3.63) is 51.1 Å². The molecule has 0 aliphatic rings. The van der Waals surface area contributed by atoms with E-state index in [9.17, 15) is 9.59 Å². The van der Waals surface area contributed by atoms with Crippen molar-refractivity contribution in [1.29, 1.82) is 0 Å². The Morgan fingerprint density at radius 2 is 2.03 bits per heavy atom. The average molecular weight is 495 g/mol. The van der Waals surface area contributed by atoms with Gasteiger partial charge >= 0.3 is 5.97 Å². The van der Waals surface area contributed by atoms with E-state index in [0.717, 1.165) is 16.2 Å². The lowest BCUT2D eigenvalue weighted by Gasteiger charge is -2.11. The van der Waals surface area contributed by atoms with Gasteiger partial charge in [0, 0.05) is 16.4 Å². The number of thioether (sulfide) groups is 1. The largest absolute Gasteiger partial charge is 0.485 e. The van der Waals surface area contributed by atoms with Crippen LogP contribution in [0, 0.1) is 13.8 Å². The molecule has 2 aromatic heterocycles. The molecule has 1 N–H and O–H groups in total. The first-order chi connectivity index (χ1) is 15.3. The molecule has 0 spiro atoms. The predicted molar refractivity (Wildman–Crippen MR) is 126 cm³/mol. The molecule has 0 aliphatic heterocycles. The number of anilines is 1. The number of amides is 1. The second kappa shape index (κ2) is 10.8. The highest BCUT2D eigenvalue weighted by atomic mass is 35.5. The van der Waals surface area contributed by atoms with Gasteiger partial charge < -0.3 is 19.4 Å². The molecular weight excluding hydrogens is 472 g/mol. The van der Waals surface area contributed by atoms with Crippen LogP contribution in [0.3, 0.4) is 0 Å². The number of nitrogens with zero attached hydrogens (tertiary/aromatic N) is 3. The first-order valence-electron chi connectivity index (χ1n) is 9.74. The molecule has 32 heavy (non-hydrogen) atoms. The SMILES string of the molecule is CCn1c(COc2ccc(Cl)cc2C)nnc1SCC(=O)Nc1sc(C)cc1C(=O)OC. The summed E-state index contributed by atoms with van der Waals surface area (Å²) in [5, 5.41) is 12.9. The zero-order valence-electron chi connectivity index (χ0n) is 18.1. The number of halogens is 1. The number of rotatable bonds is 9. The lowest BCUT2D eigenvalue weighted by atomic mass is 10.2. The van der Waals surface area contributed by atoms with Crippen LogP contribution in [-0.4, -0.2) is 39.5 Å². The number of benzene rings is 1. The smallest absolute Gasteiger partial charge is 0.340 e. The van der Waals surface area contributed by atoms with Crippen molar-refractivity contribution in [3.63, 3.8) is 0 Å². The van der Waals surface area contributed by atoms with E-state index in [1.54, 1.807) is 12.1 Å². The van der Waals surface area contributed by atoms with Crippen LogP contribution in [0.25, 0.3) is 0 Å². The van der Waals surface area contributed by atoms with Gasteiger partial charge in [-0.15, -0.1) is 21.5 Å². The molecule has 0 atom stereocenters. The normalized spacial score (nSPS) is 10.8. The molecule has 2 heterocycles. The quantitative estimate of drug-likeness (QED) is 0.339. The number of aromatic nitrogens is 3. The second-order valence-corrected chi connectivity index (χ2v) is 9.41. The van der Waals surface area contributed by atoms with Crippen LogP contribution in [-0.2, 0) is 22.7 Å². The molecule has 0 saturated heterocycles. The molecule has 1 aromatic carbocycles. The summed E-state index contributed by atoms with van der Waals surface area (Å²) in [7, 11) is 1.31. The van der Waals surface area contributed by atoms with Crippen LogP contribution >= 0.6 is 34.7 Å². The summed E-state index contributed by atoms with van der Waals surface area (Å²) in [4.78, 5) is 25.3. The van der Waals surface area contributed by atoms with E-state index in [1.165, 1.54) is 30.2 Å². The number of esters is 1. The van der Waals surface area contributed by atoms with Gasteiger partial charge in [-0.2, -0.15) is 0 Å². The Balaban J connectivity index is 1.61. The minimum atomic E-state index is -0.483. The number of thiophene rings is 1. The van der Waals surface area contributed by atoms with Crippen LogP contribution in [0.2, 0.25) is 5.02 Å². The van der Waals surface area contributed by atoms with Crippen molar-refractivity contribution in [2.75, 3.05) is 18.2 Å². The summed E-state index contributed by atoms with van der Waals surface area (Å²) in [6.07, 6.45) is 0. The van der Waals surface area contributed by atoms with Crippen LogP contribution in [0.4, 0.5) is 5.00 Å². The van der Waals surface area contributed by atoms with Gasteiger partial charge in [0.05, 0.1) is 18.4 Å². The van der Waals surface area contributed by atoms with Gasteiger partial charge in [0.25, 0.3) is 0 Å². The fourth-order valence-electron chi connectivity index (χ4n) is 2.93. The fraction of sp³-hybridized carbons (Fsp3) is 0.333. The Morgan fingerprint density at radius 3 is 2.72 bits per heavy atom. The number of ether oxygens (including phenoxy) is 2. The first-order valence-corrected chi connectivity index (χ1v) is 11.9. The third-order valence-corrected chi connectivity index (χ3v) is 6.62. The Kier molecular flexibility index (Phi) is 8.16. The molecule has 8 nitrogen and oxygen atoms in total. The topological polar surface area (TPSA) is 95.3 Å². The standard InChI is InChI=1S/C21H23ClN4O4S2/c1-5-26-17(10-30-16-7-6-14(22)8-12(16)2)24-25-21(26)31-11-18(27)23-19-15(20(28)29-4)9-13(3)32-19/h6-9H,5,10-11H2,1-4H3,(H,23,27). The second-order valence-electron chi connectivity index (χ2n) is 6.77. The molecule has 0 unspecified atom stereocenters. The highest BCUT2D eigenvalue weighted by molar-refractivity contribution is 7.99. The van der Waals surface area contributed by atoms with Crippen molar-refractivity contribution >= 4 is 51.6 Å². The van der Waals surface area contributed by atoms with Gasteiger partial charge in [-0.05, 0) is 50.6 Å². The van der Waals surface area contributed by atoms with E-state index in [-0.39, 0.29) is 18.3 Å². The van der Waals surface area contributed by atoms with Gasteiger partial charge in [0.15, 0.2) is 11.0 Å². The average Bonchev–Trinajstić information content (AvgIpc) is 3.33. The predicted octanol–water partition coefficient (Wildman–Crippen LogP) is 4.73. The van der Waals surface area contributed by atoms with E-state index in [1.807, 2.05) is 37.5 Å². The van der Waals surface area contributed by atoms with E-state index < -0.39 is 5.97 Å². The Labute approximate surface area is 199 Å². The van der Waals surface area contributed by atoms with Gasteiger partial charge in [-0.3, -0.25) is 4.79 Å². The number of nitrogens with one attached hydrogen (secondary N) is 1. The monoisotopic (exact) mass is 494 g/mol. The molecule has 0 saturated carbocycles. The molecule has 3 aromatic rings. The first kappa shape index (κ1) is 24.1. The highest BCUT2D eigenvalue weighted by Gasteiger charge is 2.19. The van der Waals surface area contributed by atoms with Crippen molar-refractivity contribution in [2.45, 2.75) is 39.1 Å². The number of hydrogen-bond acceptors (Lipinski definition) is 8.